The van der Waals surface area contributed by atoms with E-state index in [1.807, 2.05) is 7.05 Å². The van der Waals surface area contributed by atoms with Crippen molar-refractivity contribution in [1.29, 1.82) is 0 Å². The monoisotopic (exact) mass is 282 g/mol. The first-order chi connectivity index (χ1) is 9.45. The second-order valence-corrected chi connectivity index (χ2v) is 7.13. The fourth-order valence-electron chi connectivity index (χ4n) is 3.68. The number of hydrogen-bond acceptors (Lipinski definition) is 3. The van der Waals surface area contributed by atoms with Gasteiger partial charge in [-0.2, -0.15) is 0 Å². The van der Waals surface area contributed by atoms with Crippen molar-refractivity contribution < 1.29 is 9.53 Å². The van der Waals surface area contributed by atoms with Gasteiger partial charge in [0.2, 0.25) is 5.91 Å². The van der Waals surface area contributed by atoms with Crippen LogP contribution in [0.2, 0.25) is 0 Å². The zero-order chi connectivity index (χ0) is 14.6. The van der Waals surface area contributed by atoms with Gasteiger partial charge >= 0.3 is 0 Å². The maximum absolute atomic E-state index is 12.4. The molecule has 2 fully saturated rings. The predicted molar refractivity (Wildman–Crippen MR) is 80.7 cm³/mol. The van der Waals surface area contributed by atoms with Gasteiger partial charge in [0, 0.05) is 24.6 Å². The van der Waals surface area contributed by atoms with E-state index in [0.717, 1.165) is 32.3 Å². The van der Waals surface area contributed by atoms with E-state index in [4.69, 9.17) is 4.74 Å². The van der Waals surface area contributed by atoms with Crippen LogP contribution in [-0.2, 0) is 9.53 Å². The van der Waals surface area contributed by atoms with Gasteiger partial charge in [0.1, 0.15) is 0 Å². The molecule has 0 aromatic carbocycles. The molecule has 1 aliphatic heterocycles. The Morgan fingerprint density at radius 1 is 1.25 bits per heavy atom. The average molecular weight is 282 g/mol. The summed E-state index contributed by atoms with van der Waals surface area (Å²) in [5.41, 5.74) is -0.0786. The fourth-order valence-corrected chi connectivity index (χ4v) is 3.68. The molecule has 20 heavy (non-hydrogen) atoms. The first kappa shape index (κ1) is 15.8. The van der Waals surface area contributed by atoms with Crippen molar-refractivity contribution in [3.63, 3.8) is 0 Å². The van der Waals surface area contributed by atoms with Crippen molar-refractivity contribution in [2.45, 2.75) is 82.4 Å². The van der Waals surface area contributed by atoms with Gasteiger partial charge in [-0.25, -0.2) is 0 Å². The summed E-state index contributed by atoms with van der Waals surface area (Å²) < 4.78 is 5.70. The molecule has 4 heteroatoms. The third-order valence-electron chi connectivity index (χ3n) is 4.90. The van der Waals surface area contributed by atoms with E-state index < -0.39 is 0 Å². The molecule has 0 bridgehead atoms. The normalized spacial score (nSPS) is 28.9. The second kappa shape index (κ2) is 6.44. The van der Waals surface area contributed by atoms with Gasteiger partial charge in [-0.05, 0) is 46.6 Å². The number of amides is 1. The van der Waals surface area contributed by atoms with E-state index in [1.54, 1.807) is 0 Å². The lowest BCUT2D eigenvalue weighted by Crippen LogP contribution is -2.51. The zero-order valence-corrected chi connectivity index (χ0v) is 13.3. The molecule has 1 aliphatic carbocycles. The average Bonchev–Trinajstić information content (AvgIpc) is 2.38. The SMILES string of the molecule is CNC1(CC(=O)NC2CCOC(C)(C)C2)CCCCC1. The Kier molecular flexibility index (Phi) is 5.08. The molecule has 2 N–H and O–H groups in total. The maximum Gasteiger partial charge on any atom is 0.222 e. The smallest absolute Gasteiger partial charge is 0.222 e. The largest absolute Gasteiger partial charge is 0.375 e. The molecule has 0 aromatic heterocycles. The number of nitrogens with one attached hydrogen (secondary N) is 2. The van der Waals surface area contributed by atoms with Gasteiger partial charge in [0.25, 0.3) is 0 Å². The standard InChI is InChI=1S/C16H30N2O2/c1-15(2)11-13(7-10-20-15)18-14(19)12-16(17-3)8-5-4-6-9-16/h13,17H,4-12H2,1-3H3,(H,18,19). The van der Waals surface area contributed by atoms with Crippen LogP contribution in [0.1, 0.15) is 65.2 Å². The van der Waals surface area contributed by atoms with E-state index >= 15 is 0 Å². The van der Waals surface area contributed by atoms with E-state index in [0.29, 0.717) is 6.42 Å². The highest BCUT2D eigenvalue weighted by Gasteiger charge is 2.34. The Morgan fingerprint density at radius 2 is 1.95 bits per heavy atom. The van der Waals surface area contributed by atoms with Crippen molar-refractivity contribution in [1.82, 2.24) is 10.6 Å². The fraction of sp³-hybridized carbons (Fsp3) is 0.938. The summed E-state index contributed by atoms with van der Waals surface area (Å²) >= 11 is 0. The molecule has 2 aliphatic rings. The highest BCUT2D eigenvalue weighted by atomic mass is 16.5. The first-order valence-electron chi connectivity index (χ1n) is 8.07. The van der Waals surface area contributed by atoms with Crippen molar-refractivity contribution in [2.24, 2.45) is 0 Å². The lowest BCUT2D eigenvalue weighted by Gasteiger charge is -2.39. The Balaban J connectivity index is 1.85. The minimum Gasteiger partial charge on any atom is -0.375 e. The van der Waals surface area contributed by atoms with E-state index in [9.17, 15) is 4.79 Å². The molecule has 0 spiro atoms. The van der Waals surface area contributed by atoms with Crippen LogP contribution in [0.15, 0.2) is 0 Å². The predicted octanol–water partition coefficient (Wildman–Crippen LogP) is 2.37. The molecule has 116 valence electrons. The Morgan fingerprint density at radius 3 is 2.55 bits per heavy atom. The van der Waals surface area contributed by atoms with Crippen LogP contribution in [0.25, 0.3) is 0 Å². The summed E-state index contributed by atoms with van der Waals surface area (Å²) in [6.45, 7) is 4.94. The molecule has 1 unspecified atom stereocenters. The highest BCUT2D eigenvalue weighted by molar-refractivity contribution is 5.77. The number of carbonyl (C=O) groups excluding carboxylic acids is 1. The molecule has 1 saturated carbocycles. The number of carbonyl (C=O) groups is 1. The van der Waals surface area contributed by atoms with Crippen molar-refractivity contribution in [2.75, 3.05) is 13.7 Å². The van der Waals surface area contributed by atoms with Gasteiger partial charge in [0.15, 0.2) is 0 Å². The van der Waals surface area contributed by atoms with Crippen LogP contribution in [0, 0.1) is 0 Å². The van der Waals surface area contributed by atoms with Crippen LogP contribution in [0.5, 0.6) is 0 Å². The molecule has 0 aromatic rings. The van der Waals surface area contributed by atoms with E-state index in [-0.39, 0.29) is 23.1 Å². The Labute approximate surface area is 123 Å². The van der Waals surface area contributed by atoms with Crippen molar-refractivity contribution in [3.05, 3.63) is 0 Å². The van der Waals surface area contributed by atoms with Gasteiger partial charge in [0.05, 0.1) is 5.60 Å². The Hall–Kier alpha value is -0.610. The Bertz CT molecular complexity index is 335. The quantitative estimate of drug-likeness (QED) is 0.832. The van der Waals surface area contributed by atoms with E-state index in [2.05, 4.69) is 24.5 Å². The molecule has 1 atom stereocenters. The molecule has 4 nitrogen and oxygen atoms in total. The molecule has 2 rings (SSSR count). The molecule has 0 radical (unpaired) electrons. The summed E-state index contributed by atoms with van der Waals surface area (Å²) in [6.07, 6.45) is 8.47. The molecular formula is C16H30N2O2. The number of ether oxygens (including phenoxy) is 1. The lowest BCUT2D eigenvalue weighted by molar-refractivity contribution is -0.125. The van der Waals surface area contributed by atoms with Gasteiger partial charge in [-0.3, -0.25) is 4.79 Å². The summed E-state index contributed by atoms with van der Waals surface area (Å²) in [4.78, 5) is 12.4. The van der Waals surface area contributed by atoms with Crippen LogP contribution in [0.4, 0.5) is 0 Å². The number of rotatable bonds is 4. The summed E-state index contributed by atoms with van der Waals surface area (Å²) in [6, 6.07) is 0.267. The van der Waals surface area contributed by atoms with Crippen LogP contribution < -0.4 is 10.6 Å². The van der Waals surface area contributed by atoms with Crippen LogP contribution >= 0.6 is 0 Å². The minimum atomic E-state index is -0.109. The topological polar surface area (TPSA) is 50.4 Å². The lowest BCUT2D eigenvalue weighted by atomic mass is 9.79. The van der Waals surface area contributed by atoms with Gasteiger partial charge < -0.3 is 15.4 Å². The first-order valence-corrected chi connectivity index (χ1v) is 8.07. The summed E-state index contributed by atoms with van der Waals surface area (Å²) in [7, 11) is 2.00. The molecule has 1 amide bonds. The zero-order valence-electron chi connectivity index (χ0n) is 13.3. The highest BCUT2D eigenvalue weighted by Crippen LogP contribution is 2.31. The molecule has 1 saturated heterocycles. The summed E-state index contributed by atoms with van der Waals surface area (Å²) in [5.74, 6) is 0.198. The van der Waals surface area contributed by atoms with E-state index in [1.165, 1.54) is 19.3 Å². The van der Waals surface area contributed by atoms with Crippen LogP contribution in [-0.4, -0.2) is 36.7 Å². The molecular weight excluding hydrogens is 252 g/mol. The summed E-state index contributed by atoms with van der Waals surface area (Å²) in [5, 5.41) is 6.64. The third kappa shape index (κ3) is 4.19. The number of hydrogen-bond donors (Lipinski definition) is 2. The van der Waals surface area contributed by atoms with Crippen molar-refractivity contribution in [3.8, 4) is 0 Å². The van der Waals surface area contributed by atoms with Crippen LogP contribution in [0.3, 0.4) is 0 Å². The van der Waals surface area contributed by atoms with Crippen molar-refractivity contribution >= 4 is 5.91 Å². The third-order valence-corrected chi connectivity index (χ3v) is 4.90. The molecule has 1 heterocycles. The maximum atomic E-state index is 12.4. The van der Waals surface area contributed by atoms with Gasteiger partial charge in [-0.1, -0.05) is 19.3 Å². The second-order valence-electron chi connectivity index (χ2n) is 7.13. The minimum absolute atomic E-state index is 0.0308. The van der Waals surface area contributed by atoms with Gasteiger partial charge in [-0.15, -0.1) is 0 Å².